The van der Waals surface area contributed by atoms with E-state index in [2.05, 4.69) is 120 Å². The van der Waals surface area contributed by atoms with Gasteiger partial charge in [-0.3, -0.25) is 0 Å². The van der Waals surface area contributed by atoms with Gasteiger partial charge >= 0.3 is 0 Å². The van der Waals surface area contributed by atoms with Gasteiger partial charge in [-0.1, -0.05) is 97.1 Å². The molecule has 0 N–H and O–H groups in total. The van der Waals surface area contributed by atoms with Crippen LogP contribution < -0.4 is 0 Å². The number of hydrogen-bond donors (Lipinski definition) is 0. The van der Waals surface area contributed by atoms with Gasteiger partial charge in [-0.05, 0) is 46.8 Å². The molecule has 0 saturated heterocycles. The zero-order valence-corrected chi connectivity index (χ0v) is 19.5. The summed E-state index contributed by atoms with van der Waals surface area (Å²) in [5.41, 5.74) is 7.90. The van der Waals surface area contributed by atoms with Crippen molar-refractivity contribution in [3.63, 3.8) is 0 Å². The first-order chi connectivity index (χ1) is 17.9. The van der Waals surface area contributed by atoms with E-state index in [1.54, 1.807) is 0 Å². The van der Waals surface area contributed by atoms with Crippen molar-refractivity contribution in [1.82, 2.24) is 4.57 Å². The summed E-state index contributed by atoms with van der Waals surface area (Å²) in [5, 5.41) is 7.21. The average molecular weight is 460 g/mol. The van der Waals surface area contributed by atoms with Crippen LogP contribution >= 0.6 is 0 Å². The van der Waals surface area contributed by atoms with Crippen LogP contribution in [0.3, 0.4) is 0 Å². The monoisotopic (exact) mass is 459 g/mol. The van der Waals surface area contributed by atoms with Gasteiger partial charge in [0, 0.05) is 26.9 Å². The van der Waals surface area contributed by atoms with Crippen molar-refractivity contribution < 1.29 is 4.42 Å². The van der Waals surface area contributed by atoms with Crippen LogP contribution in [0.5, 0.6) is 0 Å². The second kappa shape index (κ2) is 7.34. The van der Waals surface area contributed by atoms with Gasteiger partial charge in [-0.15, -0.1) is 0 Å². The summed E-state index contributed by atoms with van der Waals surface area (Å²) < 4.78 is 8.67. The standard InChI is InChI=1S/C34H21NO/c1-2-10-22(11-3-1)23-18-19-31(25-13-5-4-12-24(23)25)35-30-16-8-6-14-26(30)28-21-34-29(20-32(28)35)27-15-7-9-17-33(27)36-34/h1-21H. The summed E-state index contributed by atoms with van der Waals surface area (Å²) in [6, 6.07) is 45.4. The van der Waals surface area contributed by atoms with E-state index in [0.29, 0.717) is 0 Å². The summed E-state index contributed by atoms with van der Waals surface area (Å²) in [5.74, 6) is 0. The molecule has 2 heterocycles. The number of nitrogens with zero attached hydrogens (tertiary/aromatic N) is 1. The van der Waals surface area contributed by atoms with Gasteiger partial charge in [0.2, 0.25) is 0 Å². The highest BCUT2D eigenvalue weighted by Gasteiger charge is 2.18. The first-order valence-electron chi connectivity index (χ1n) is 12.3. The fourth-order valence-corrected chi connectivity index (χ4v) is 5.79. The summed E-state index contributed by atoms with van der Waals surface area (Å²) in [6.07, 6.45) is 0. The lowest BCUT2D eigenvalue weighted by atomic mass is 9.97. The molecule has 0 atom stereocenters. The maximum atomic E-state index is 6.25. The molecule has 168 valence electrons. The smallest absolute Gasteiger partial charge is 0.136 e. The Bertz CT molecular complexity index is 2090. The molecule has 0 aliphatic rings. The van der Waals surface area contributed by atoms with E-state index in [1.807, 2.05) is 12.1 Å². The van der Waals surface area contributed by atoms with Gasteiger partial charge in [0.25, 0.3) is 0 Å². The SMILES string of the molecule is c1ccc(-c2ccc(-n3c4ccccc4c4cc5oc6ccccc6c5cc43)c3ccccc23)cc1. The van der Waals surface area contributed by atoms with Crippen LogP contribution in [0.25, 0.3) is 71.3 Å². The lowest BCUT2D eigenvalue weighted by molar-refractivity contribution is 0.669. The Morgan fingerprint density at radius 3 is 1.97 bits per heavy atom. The van der Waals surface area contributed by atoms with Gasteiger partial charge < -0.3 is 8.98 Å². The Balaban J connectivity index is 1.52. The van der Waals surface area contributed by atoms with E-state index in [1.165, 1.54) is 49.4 Å². The van der Waals surface area contributed by atoms with Crippen molar-refractivity contribution in [3.8, 4) is 16.8 Å². The molecule has 0 amide bonds. The Labute approximate surface area is 207 Å². The Morgan fingerprint density at radius 1 is 0.417 bits per heavy atom. The molecule has 6 aromatic carbocycles. The van der Waals surface area contributed by atoms with Crippen LogP contribution in [0.2, 0.25) is 0 Å². The van der Waals surface area contributed by atoms with Crippen molar-refractivity contribution in [2.75, 3.05) is 0 Å². The van der Waals surface area contributed by atoms with Gasteiger partial charge in [-0.2, -0.15) is 0 Å². The molecule has 2 aromatic heterocycles. The number of para-hydroxylation sites is 2. The minimum Gasteiger partial charge on any atom is -0.456 e. The van der Waals surface area contributed by atoms with Gasteiger partial charge in [-0.25, -0.2) is 0 Å². The first-order valence-corrected chi connectivity index (χ1v) is 12.3. The number of hydrogen-bond acceptors (Lipinski definition) is 1. The van der Waals surface area contributed by atoms with Crippen LogP contribution in [0.15, 0.2) is 132 Å². The molecule has 0 aliphatic heterocycles. The zero-order chi connectivity index (χ0) is 23.6. The maximum Gasteiger partial charge on any atom is 0.136 e. The van der Waals surface area contributed by atoms with Crippen LogP contribution in [-0.2, 0) is 0 Å². The van der Waals surface area contributed by atoms with Crippen LogP contribution in [0.1, 0.15) is 0 Å². The van der Waals surface area contributed by atoms with Gasteiger partial charge in [0.05, 0.1) is 16.7 Å². The Hall–Kier alpha value is -4.82. The lowest BCUT2D eigenvalue weighted by Gasteiger charge is -2.15. The molecule has 0 spiro atoms. The van der Waals surface area contributed by atoms with Crippen LogP contribution in [0, 0.1) is 0 Å². The highest BCUT2D eigenvalue weighted by atomic mass is 16.3. The van der Waals surface area contributed by atoms with Crippen LogP contribution in [0.4, 0.5) is 0 Å². The predicted molar refractivity (Wildman–Crippen MR) is 151 cm³/mol. The number of furan rings is 1. The molecule has 2 heteroatoms. The number of fused-ring (bicyclic) bond motifs is 7. The first kappa shape index (κ1) is 19.5. The normalized spacial score (nSPS) is 11.9. The third-order valence-electron chi connectivity index (χ3n) is 7.40. The second-order valence-corrected chi connectivity index (χ2v) is 9.36. The second-order valence-electron chi connectivity index (χ2n) is 9.36. The Morgan fingerprint density at radius 2 is 1.11 bits per heavy atom. The van der Waals surface area contributed by atoms with E-state index in [9.17, 15) is 0 Å². The van der Waals surface area contributed by atoms with Crippen molar-refractivity contribution in [3.05, 3.63) is 127 Å². The quantitative estimate of drug-likeness (QED) is 0.252. The molecule has 0 fully saturated rings. The molecular formula is C34H21NO. The average Bonchev–Trinajstić information content (AvgIpc) is 3.46. The third kappa shape index (κ3) is 2.67. The topological polar surface area (TPSA) is 18.1 Å². The van der Waals surface area contributed by atoms with E-state index >= 15 is 0 Å². The molecule has 2 nitrogen and oxygen atoms in total. The van der Waals surface area contributed by atoms with Crippen molar-refractivity contribution in [2.24, 2.45) is 0 Å². The third-order valence-corrected chi connectivity index (χ3v) is 7.40. The minimum absolute atomic E-state index is 0.925. The van der Waals surface area contributed by atoms with Crippen molar-refractivity contribution >= 4 is 54.5 Å². The summed E-state index contributed by atoms with van der Waals surface area (Å²) >= 11 is 0. The fourth-order valence-electron chi connectivity index (χ4n) is 5.79. The van der Waals surface area contributed by atoms with Crippen LogP contribution in [-0.4, -0.2) is 4.57 Å². The van der Waals surface area contributed by atoms with E-state index < -0.39 is 0 Å². The van der Waals surface area contributed by atoms with E-state index in [0.717, 1.165) is 21.9 Å². The lowest BCUT2D eigenvalue weighted by Crippen LogP contribution is -1.96. The minimum atomic E-state index is 0.925. The molecule has 0 bridgehead atoms. The van der Waals surface area contributed by atoms with Crippen molar-refractivity contribution in [2.45, 2.75) is 0 Å². The highest BCUT2D eigenvalue weighted by Crippen LogP contribution is 2.40. The van der Waals surface area contributed by atoms with Gasteiger partial charge in [0.1, 0.15) is 11.2 Å². The molecular weight excluding hydrogens is 438 g/mol. The number of benzene rings is 6. The molecule has 0 saturated carbocycles. The largest absolute Gasteiger partial charge is 0.456 e. The molecule has 0 aliphatic carbocycles. The van der Waals surface area contributed by atoms with E-state index in [-0.39, 0.29) is 0 Å². The zero-order valence-electron chi connectivity index (χ0n) is 19.5. The number of aromatic nitrogens is 1. The number of rotatable bonds is 2. The fraction of sp³-hybridized carbons (Fsp3) is 0. The predicted octanol–water partition coefficient (Wildman–Crippen LogP) is 9.50. The molecule has 8 aromatic rings. The molecule has 36 heavy (non-hydrogen) atoms. The molecule has 0 radical (unpaired) electrons. The molecule has 8 rings (SSSR count). The summed E-state index contributed by atoms with van der Waals surface area (Å²) in [4.78, 5) is 0. The Kier molecular flexibility index (Phi) is 3.97. The maximum absolute atomic E-state index is 6.25. The highest BCUT2D eigenvalue weighted by molar-refractivity contribution is 6.18. The summed E-state index contributed by atoms with van der Waals surface area (Å²) in [7, 11) is 0. The van der Waals surface area contributed by atoms with E-state index in [4.69, 9.17) is 4.42 Å². The van der Waals surface area contributed by atoms with Gasteiger partial charge in [0.15, 0.2) is 0 Å². The van der Waals surface area contributed by atoms with Crippen molar-refractivity contribution in [1.29, 1.82) is 0 Å². The molecule has 0 unspecified atom stereocenters. The summed E-state index contributed by atoms with van der Waals surface area (Å²) in [6.45, 7) is 0.